The molecule has 1 heterocycles. The third-order valence-corrected chi connectivity index (χ3v) is 6.79. The van der Waals surface area contributed by atoms with Gasteiger partial charge in [0, 0.05) is 23.4 Å². The Hall–Kier alpha value is -3.14. The van der Waals surface area contributed by atoms with E-state index in [-0.39, 0.29) is 55.3 Å². The van der Waals surface area contributed by atoms with E-state index in [0.717, 1.165) is 0 Å². The topological polar surface area (TPSA) is 109 Å². The van der Waals surface area contributed by atoms with Gasteiger partial charge in [-0.15, -0.1) is 0 Å². The summed E-state index contributed by atoms with van der Waals surface area (Å²) in [5.74, 6) is -0.965. The molecule has 1 aromatic heterocycles. The summed E-state index contributed by atoms with van der Waals surface area (Å²) in [4.78, 5) is 29.6. The van der Waals surface area contributed by atoms with E-state index in [0.29, 0.717) is 16.3 Å². The van der Waals surface area contributed by atoms with Crippen LogP contribution in [0.5, 0.6) is 0 Å². The molecule has 0 aliphatic rings. The molecule has 0 radical (unpaired) electrons. The second-order valence-corrected chi connectivity index (χ2v) is 9.52. The van der Waals surface area contributed by atoms with Crippen molar-refractivity contribution in [3.8, 4) is 0 Å². The lowest BCUT2D eigenvalue weighted by atomic mass is 9.76. The lowest BCUT2D eigenvalue weighted by Crippen LogP contribution is -2.32. The van der Waals surface area contributed by atoms with Gasteiger partial charge in [-0.05, 0) is 67.0 Å². The number of pyridine rings is 1. The van der Waals surface area contributed by atoms with Gasteiger partial charge >= 0.3 is 6.09 Å². The molecule has 0 saturated carbocycles. The first-order valence-corrected chi connectivity index (χ1v) is 12.2. The molecule has 0 spiro atoms. The van der Waals surface area contributed by atoms with Crippen LogP contribution in [0.25, 0.3) is 10.8 Å². The number of ether oxygens (including phenoxy) is 1. The van der Waals surface area contributed by atoms with E-state index in [1.165, 1.54) is 36.5 Å². The SMILES string of the molecule is CC(CCOC(=O)Nc1cc2cc(F)ccc2cn1)(CCC(O)CO)C(=O)CCc1cccc(F)c1Cl. The Morgan fingerprint density at radius 2 is 1.95 bits per heavy atom. The summed E-state index contributed by atoms with van der Waals surface area (Å²) >= 11 is 6.00. The van der Waals surface area contributed by atoms with Crippen LogP contribution in [0.15, 0.2) is 48.7 Å². The lowest BCUT2D eigenvalue weighted by Gasteiger charge is -2.29. The molecule has 37 heavy (non-hydrogen) atoms. The molecule has 2 unspecified atom stereocenters. The van der Waals surface area contributed by atoms with Crippen LogP contribution in [0.4, 0.5) is 19.4 Å². The van der Waals surface area contributed by atoms with Crippen LogP contribution in [-0.2, 0) is 16.0 Å². The number of benzene rings is 2. The predicted octanol–water partition coefficient (Wildman–Crippen LogP) is 5.45. The monoisotopic (exact) mass is 534 g/mol. The van der Waals surface area contributed by atoms with Crippen LogP contribution < -0.4 is 5.32 Å². The van der Waals surface area contributed by atoms with Crippen molar-refractivity contribution >= 4 is 40.1 Å². The van der Waals surface area contributed by atoms with Crippen LogP contribution in [0.2, 0.25) is 5.02 Å². The number of rotatable bonds is 12. The van der Waals surface area contributed by atoms with Gasteiger partial charge in [0.15, 0.2) is 0 Å². The van der Waals surface area contributed by atoms with E-state index in [9.17, 15) is 23.5 Å². The summed E-state index contributed by atoms with van der Waals surface area (Å²) in [6.07, 6.45) is 0.582. The molecule has 2 atom stereocenters. The molecule has 3 rings (SSSR count). The molecular weight excluding hydrogens is 506 g/mol. The number of aryl methyl sites for hydroxylation is 1. The quantitative estimate of drug-likeness (QED) is 0.285. The zero-order valence-electron chi connectivity index (χ0n) is 20.3. The highest BCUT2D eigenvalue weighted by Gasteiger charge is 2.33. The lowest BCUT2D eigenvalue weighted by molar-refractivity contribution is -0.129. The van der Waals surface area contributed by atoms with E-state index in [1.807, 2.05) is 0 Å². The Kier molecular flexibility index (Phi) is 9.91. The summed E-state index contributed by atoms with van der Waals surface area (Å²) in [6.45, 7) is 1.16. The van der Waals surface area contributed by atoms with Crippen LogP contribution in [0, 0.1) is 17.0 Å². The molecule has 3 aromatic rings. The first kappa shape index (κ1) is 28.4. The largest absolute Gasteiger partial charge is 0.449 e. The number of halogens is 3. The standard InChI is InChI=1S/C27H29ClF2N2O5/c1-27(10-9-21(34)16-33,23(35)8-6-17-3-2-4-22(30)25(17)28)11-12-37-26(36)32-24-14-19-13-20(29)7-5-18(19)15-31-24/h2-5,7,13-15,21,33-34H,6,8-12,16H2,1H3,(H,31,32,36). The van der Waals surface area contributed by atoms with Crippen molar-refractivity contribution in [3.05, 3.63) is 70.9 Å². The van der Waals surface area contributed by atoms with Crippen molar-refractivity contribution in [1.29, 1.82) is 0 Å². The van der Waals surface area contributed by atoms with E-state index >= 15 is 0 Å². The molecule has 0 aliphatic heterocycles. The zero-order chi connectivity index (χ0) is 27.0. The van der Waals surface area contributed by atoms with Crippen LogP contribution >= 0.6 is 11.6 Å². The molecule has 0 saturated heterocycles. The van der Waals surface area contributed by atoms with Crippen LogP contribution in [0.1, 0.15) is 38.2 Å². The van der Waals surface area contributed by atoms with Gasteiger partial charge in [-0.2, -0.15) is 0 Å². The Morgan fingerprint density at radius 3 is 2.70 bits per heavy atom. The van der Waals surface area contributed by atoms with Crippen molar-refractivity contribution in [2.24, 2.45) is 5.41 Å². The normalized spacial score (nSPS) is 13.7. The summed E-state index contributed by atoms with van der Waals surface area (Å²) in [7, 11) is 0. The molecular formula is C27H29ClF2N2O5. The van der Waals surface area contributed by atoms with Crippen LogP contribution in [0.3, 0.4) is 0 Å². The number of hydrogen-bond acceptors (Lipinski definition) is 6. The minimum Gasteiger partial charge on any atom is -0.449 e. The second kappa shape index (κ2) is 12.9. The Morgan fingerprint density at radius 1 is 1.16 bits per heavy atom. The van der Waals surface area contributed by atoms with Gasteiger partial charge in [-0.25, -0.2) is 18.6 Å². The van der Waals surface area contributed by atoms with E-state index in [1.54, 1.807) is 19.1 Å². The molecule has 2 aromatic carbocycles. The first-order valence-electron chi connectivity index (χ1n) is 11.9. The maximum atomic E-state index is 13.7. The second-order valence-electron chi connectivity index (χ2n) is 9.14. The highest BCUT2D eigenvalue weighted by molar-refractivity contribution is 6.31. The van der Waals surface area contributed by atoms with Gasteiger partial charge in [0.1, 0.15) is 23.2 Å². The predicted molar refractivity (Wildman–Crippen MR) is 136 cm³/mol. The van der Waals surface area contributed by atoms with Gasteiger partial charge in [0.2, 0.25) is 0 Å². The van der Waals surface area contributed by atoms with Gasteiger partial charge in [-0.1, -0.05) is 30.7 Å². The fourth-order valence-corrected chi connectivity index (χ4v) is 4.18. The van der Waals surface area contributed by atoms with E-state index in [2.05, 4.69) is 10.3 Å². The molecule has 7 nitrogen and oxygen atoms in total. The van der Waals surface area contributed by atoms with Crippen molar-refractivity contribution in [3.63, 3.8) is 0 Å². The van der Waals surface area contributed by atoms with E-state index in [4.69, 9.17) is 21.4 Å². The number of fused-ring (bicyclic) bond motifs is 1. The number of nitrogens with one attached hydrogen (secondary N) is 1. The average molecular weight is 535 g/mol. The number of Topliss-reactive ketones (excluding diaryl/α,β-unsaturated/α-hetero) is 1. The highest BCUT2D eigenvalue weighted by atomic mass is 35.5. The number of ketones is 1. The third kappa shape index (κ3) is 7.92. The van der Waals surface area contributed by atoms with Crippen molar-refractivity contribution < 1.29 is 33.3 Å². The number of hydrogen-bond donors (Lipinski definition) is 3. The molecule has 198 valence electrons. The number of carbonyl (C=O) groups is 2. The smallest absolute Gasteiger partial charge is 0.412 e. The minimum absolute atomic E-state index is 0.0299. The fraction of sp³-hybridized carbons (Fsp3) is 0.370. The number of aromatic nitrogens is 1. The first-order chi connectivity index (χ1) is 17.6. The summed E-state index contributed by atoms with van der Waals surface area (Å²) < 4.78 is 32.5. The Labute approximate surface area is 218 Å². The average Bonchev–Trinajstić information content (AvgIpc) is 2.87. The van der Waals surface area contributed by atoms with E-state index < -0.39 is 35.9 Å². The number of aliphatic hydroxyl groups is 2. The summed E-state index contributed by atoms with van der Waals surface area (Å²) in [6, 6.07) is 10.1. The highest BCUT2D eigenvalue weighted by Crippen LogP contribution is 2.32. The van der Waals surface area contributed by atoms with Crippen molar-refractivity contribution in [1.82, 2.24) is 4.98 Å². The molecule has 0 fully saturated rings. The Balaban J connectivity index is 1.60. The Bertz CT molecular complexity index is 1260. The van der Waals surface area contributed by atoms with Crippen molar-refractivity contribution in [2.45, 2.75) is 45.1 Å². The number of aliphatic hydroxyl groups excluding tert-OH is 2. The number of nitrogens with zero attached hydrogens (tertiary/aromatic N) is 1. The third-order valence-electron chi connectivity index (χ3n) is 6.37. The zero-order valence-corrected chi connectivity index (χ0v) is 21.1. The summed E-state index contributed by atoms with van der Waals surface area (Å²) in [5.41, 5.74) is -0.472. The minimum atomic E-state index is -0.988. The van der Waals surface area contributed by atoms with Crippen LogP contribution in [-0.4, -0.2) is 46.4 Å². The molecule has 0 bridgehead atoms. The van der Waals surface area contributed by atoms with Gasteiger partial charge in [-0.3, -0.25) is 10.1 Å². The number of carbonyl (C=O) groups excluding carboxylic acids is 2. The number of amides is 1. The van der Waals surface area contributed by atoms with Gasteiger partial charge in [0.05, 0.1) is 24.3 Å². The fourth-order valence-electron chi connectivity index (χ4n) is 3.96. The molecule has 3 N–H and O–H groups in total. The molecule has 1 amide bonds. The maximum absolute atomic E-state index is 13.7. The summed E-state index contributed by atoms with van der Waals surface area (Å²) in [5, 5.41) is 22.7. The van der Waals surface area contributed by atoms with Gasteiger partial charge in [0.25, 0.3) is 0 Å². The molecule has 10 heteroatoms. The molecule has 0 aliphatic carbocycles. The number of anilines is 1. The van der Waals surface area contributed by atoms with Gasteiger partial charge < -0.3 is 14.9 Å². The maximum Gasteiger partial charge on any atom is 0.412 e. The van der Waals surface area contributed by atoms with Crippen molar-refractivity contribution in [2.75, 3.05) is 18.5 Å².